The van der Waals surface area contributed by atoms with Crippen LogP contribution in [-0.4, -0.2) is 70.1 Å². The molecule has 8 atom stereocenters. The summed E-state index contributed by atoms with van der Waals surface area (Å²) < 4.78 is 17.7. The quantitative estimate of drug-likeness (QED) is 0.0703. The standard InChI is InChI=1S/C37H66O7/c1-3-4-5-6-7-11-14-17-20-31(39)33-22-24-35(43-33)36-25-23-34(44-36)32(40)21-18-15-12-9-8-10-13-16-19-30(38)27-29-26-28(2)42-37(29)41/h26,28,30-36,38-40H,3-25,27H2,1-2H3/t28-,30+,31-,32+,33-,34+,35+,36+/m0/s1. The van der Waals surface area contributed by atoms with E-state index in [1.165, 1.54) is 70.6 Å². The van der Waals surface area contributed by atoms with Crippen LogP contribution in [0.4, 0.5) is 0 Å². The average Bonchev–Trinajstić information content (AvgIpc) is 3.75. The maximum absolute atomic E-state index is 11.7. The number of unbranched alkanes of at least 4 members (excludes halogenated alkanes) is 14. The van der Waals surface area contributed by atoms with E-state index in [1.54, 1.807) is 0 Å². The van der Waals surface area contributed by atoms with Gasteiger partial charge in [-0.25, -0.2) is 4.79 Å². The van der Waals surface area contributed by atoms with Gasteiger partial charge in [-0.3, -0.25) is 0 Å². The van der Waals surface area contributed by atoms with E-state index < -0.39 is 12.2 Å². The molecular weight excluding hydrogens is 556 g/mol. The van der Waals surface area contributed by atoms with Gasteiger partial charge >= 0.3 is 5.97 Å². The van der Waals surface area contributed by atoms with Crippen LogP contribution in [0.2, 0.25) is 0 Å². The molecule has 256 valence electrons. The molecule has 2 saturated heterocycles. The Morgan fingerprint density at radius 2 is 1.09 bits per heavy atom. The van der Waals surface area contributed by atoms with E-state index in [1.807, 2.05) is 13.0 Å². The van der Waals surface area contributed by atoms with Gasteiger partial charge in [-0.2, -0.15) is 0 Å². The fourth-order valence-electron chi connectivity index (χ4n) is 7.28. The predicted molar refractivity (Wildman–Crippen MR) is 175 cm³/mol. The number of cyclic esters (lactones) is 1. The van der Waals surface area contributed by atoms with Crippen LogP contribution < -0.4 is 0 Å². The highest BCUT2D eigenvalue weighted by atomic mass is 16.6. The van der Waals surface area contributed by atoms with E-state index in [9.17, 15) is 20.1 Å². The zero-order valence-corrected chi connectivity index (χ0v) is 28.1. The number of esters is 1. The van der Waals surface area contributed by atoms with Crippen molar-refractivity contribution < 1.29 is 34.3 Å². The second kappa shape index (κ2) is 21.7. The molecule has 2 fully saturated rings. The minimum atomic E-state index is -0.463. The molecule has 0 spiro atoms. The van der Waals surface area contributed by atoms with E-state index in [2.05, 4.69) is 6.92 Å². The minimum Gasteiger partial charge on any atom is -0.455 e. The number of aliphatic hydroxyl groups is 3. The largest absolute Gasteiger partial charge is 0.455 e. The number of ether oxygens (including phenoxy) is 3. The highest BCUT2D eigenvalue weighted by molar-refractivity contribution is 5.90. The molecule has 7 heteroatoms. The topological polar surface area (TPSA) is 105 Å². The molecule has 3 aliphatic rings. The smallest absolute Gasteiger partial charge is 0.334 e. The number of carbonyl (C=O) groups is 1. The molecule has 7 nitrogen and oxygen atoms in total. The summed E-state index contributed by atoms with van der Waals surface area (Å²) in [6.45, 7) is 4.09. The Balaban J connectivity index is 1.13. The minimum absolute atomic E-state index is 0.0519. The summed E-state index contributed by atoms with van der Waals surface area (Å²) in [5.41, 5.74) is 0.617. The number of rotatable bonds is 25. The van der Waals surface area contributed by atoms with Gasteiger partial charge in [0.15, 0.2) is 0 Å². The van der Waals surface area contributed by atoms with Gasteiger partial charge in [0.25, 0.3) is 0 Å². The fraction of sp³-hybridized carbons (Fsp3) is 0.919. The highest BCUT2D eigenvalue weighted by Gasteiger charge is 2.40. The molecular formula is C37H66O7. The monoisotopic (exact) mass is 622 g/mol. The number of carbonyl (C=O) groups excluding carboxylic acids is 1. The number of hydrogen-bond donors (Lipinski definition) is 3. The zero-order valence-electron chi connectivity index (χ0n) is 28.1. The first-order valence-corrected chi connectivity index (χ1v) is 18.6. The number of hydrogen-bond acceptors (Lipinski definition) is 7. The van der Waals surface area contributed by atoms with Gasteiger partial charge in [0.1, 0.15) is 6.10 Å². The lowest BCUT2D eigenvalue weighted by molar-refractivity contribution is -0.139. The molecule has 3 rings (SSSR count). The lowest BCUT2D eigenvalue weighted by atomic mass is 10.00. The molecule has 0 aromatic heterocycles. The van der Waals surface area contributed by atoms with Crippen molar-refractivity contribution in [3.63, 3.8) is 0 Å². The summed E-state index contributed by atoms with van der Waals surface area (Å²) in [6, 6.07) is 0. The normalized spacial score (nSPS) is 27.4. The van der Waals surface area contributed by atoms with Gasteiger partial charge < -0.3 is 29.5 Å². The SMILES string of the molecule is CCCCCCCCCC[C@H](O)[C@@H]1CC[C@H]([C@H]2CC[C@H]([C@H](O)CCCCCCCCCC[C@@H](O)CC3=C[C@H](C)OC3=O)O2)O1. The van der Waals surface area contributed by atoms with Crippen molar-refractivity contribution in [2.75, 3.05) is 0 Å². The Morgan fingerprint density at radius 1 is 0.659 bits per heavy atom. The predicted octanol–water partition coefficient (Wildman–Crippen LogP) is 7.86. The third kappa shape index (κ3) is 14.2. The molecule has 0 radical (unpaired) electrons. The van der Waals surface area contributed by atoms with E-state index in [-0.39, 0.29) is 42.6 Å². The van der Waals surface area contributed by atoms with Crippen LogP contribution in [0.1, 0.15) is 168 Å². The van der Waals surface area contributed by atoms with Crippen molar-refractivity contribution in [1.82, 2.24) is 0 Å². The third-order valence-electron chi connectivity index (χ3n) is 10.0. The van der Waals surface area contributed by atoms with Crippen LogP contribution in [0.5, 0.6) is 0 Å². The molecule has 0 unspecified atom stereocenters. The average molecular weight is 623 g/mol. The summed E-state index contributed by atoms with van der Waals surface area (Å²) in [7, 11) is 0. The van der Waals surface area contributed by atoms with Crippen LogP contribution in [-0.2, 0) is 19.0 Å². The molecule has 0 bridgehead atoms. The van der Waals surface area contributed by atoms with Crippen molar-refractivity contribution in [3.05, 3.63) is 11.6 Å². The fourth-order valence-corrected chi connectivity index (χ4v) is 7.28. The van der Waals surface area contributed by atoms with E-state index in [4.69, 9.17) is 14.2 Å². The van der Waals surface area contributed by atoms with Crippen molar-refractivity contribution >= 4 is 5.97 Å². The molecule has 0 aromatic carbocycles. The Hall–Kier alpha value is -0.990. The van der Waals surface area contributed by atoms with Crippen molar-refractivity contribution in [1.29, 1.82) is 0 Å². The molecule has 0 aliphatic carbocycles. The molecule has 44 heavy (non-hydrogen) atoms. The Morgan fingerprint density at radius 3 is 1.52 bits per heavy atom. The van der Waals surface area contributed by atoms with Gasteiger partial charge in [0.05, 0.1) is 42.7 Å². The molecule has 0 saturated carbocycles. The maximum atomic E-state index is 11.7. The van der Waals surface area contributed by atoms with E-state index >= 15 is 0 Å². The van der Waals surface area contributed by atoms with Crippen LogP contribution >= 0.6 is 0 Å². The van der Waals surface area contributed by atoms with Crippen LogP contribution in [0.3, 0.4) is 0 Å². The van der Waals surface area contributed by atoms with Gasteiger partial charge in [-0.1, -0.05) is 110 Å². The van der Waals surface area contributed by atoms with Crippen LogP contribution in [0.15, 0.2) is 11.6 Å². The van der Waals surface area contributed by atoms with E-state index in [0.29, 0.717) is 12.0 Å². The van der Waals surface area contributed by atoms with Gasteiger partial charge in [-0.05, 0) is 57.9 Å². The van der Waals surface area contributed by atoms with Crippen LogP contribution in [0, 0.1) is 0 Å². The first kappa shape index (κ1) is 37.5. The maximum Gasteiger partial charge on any atom is 0.334 e. The third-order valence-corrected chi connectivity index (χ3v) is 10.0. The lowest BCUT2D eigenvalue weighted by Gasteiger charge is -2.24. The second-order valence-corrected chi connectivity index (χ2v) is 14.0. The van der Waals surface area contributed by atoms with Gasteiger partial charge in [-0.15, -0.1) is 0 Å². The first-order chi connectivity index (χ1) is 21.4. The highest BCUT2D eigenvalue weighted by Crippen LogP contribution is 2.34. The Kier molecular flexibility index (Phi) is 18.5. The Labute approximate surface area is 268 Å². The van der Waals surface area contributed by atoms with Gasteiger partial charge in [0, 0.05) is 12.0 Å². The molecule has 0 aromatic rings. The van der Waals surface area contributed by atoms with Crippen molar-refractivity contribution in [2.45, 2.75) is 217 Å². The summed E-state index contributed by atoms with van der Waals surface area (Å²) >= 11 is 0. The van der Waals surface area contributed by atoms with Gasteiger partial charge in [0.2, 0.25) is 0 Å². The van der Waals surface area contributed by atoms with Crippen molar-refractivity contribution in [2.24, 2.45) is 0 Å². The summed E-state index contributed by atoms with van der Waals surface area (Å²) in [6.07, 6.45) is 26.1. The summed E-state index contributed by atoms with van der Waals surface area (Å²) in [4.78, 5) is 11.7. The van der Waals surface area contributed by atoms with Crippen molar-refractivity contribution in [3.8, 4) is 0 Å². The first-order valence-electron chi connectivity index (χ1n) is 18.6. The molecule has 3 heterocycles. The lowest BCUT2D eigenvalue weighted by Crippen LogP contribution is -2.33. The second-order valence-electron chi connectivity index (χ2n) is 14.0. The Bertz CT molecular complexity index is 801. The summed E-state index contributed by atoms with van der Waals surface area (Å²) in [5, 5.41) is 31.6. The number of aliphatic hydroxyl groups excluding tert-OH is 3. The zero-order chi connectivity index (χ0) is 31.6. The van der Waals surface area contributed by atoms with E-state index in [0.717, 1.165) is 77.0 Å². The van der Waals surface area contributed by atoms with Crippen LogP contribution in [0.25, 0.3) is 0 Å². The molecule has 0 amide bonds. The molecule has 3 aliphatic heterocycles. The summed E-state index contributed by atoms with van der Waals surface area (Å²) in [5.74, 6) is -0.281. The molecule has 3 N–H and O–H groups in total.